The summed E-state index contributed by atoms with van der Waals surface area (Å²) in [5.41, 5.74) is 0. The van der Waals surface area contributed by atoms with Crippen LogP contribution in [0, 0.1) is 0 Å². The molecule has 4 heteroatoms. The van der Waals surface area contributed by atoms with Gasteiger partial charge in [-0.15, -0.1) is 0 Å². The van der Waals surface area contributed by atoms with E-state index >= 15 is 0 Å². The molecule has 0 saturated carbocycles. The second-order valence-corrected chi connectivity index (χ2v) is 5.38. The Hall–Kier alpha value is -0.610. The standard InChI is InChI=1S/C13H27N3O/c1-11(2)14-8-4-7-13(17)15-12-6-5-9-16(3)10-12/h11-12,14H,4-10H2,1-3H3,(H,15,17). The second kappa shape index (κ2) is 7.67. The molecule has 0 radical (unpaired) electrons. The van der Waals surface area contributed by atoms with Crippen molar-refractivity contribution in [2.45, 2.75) is 51.6 Å². The van der Waals surface area contributed by atoms with Gasteiger partial charge in [-0.05, 0) is 39.4 Å². The lowest BCUT2D eigenvalue weighted by Gasteiger charge is -2.30. The first-order valence-electron chi connectivity index (χ1n) is 6.79. The van der Waals surface area contributed by atoms with Crippen molar-refractivity contribution in [1.82, 2.24) is 15.5 Å². The second-order valence-electron chi connectivity index (χ2n) is 5.38. The monoisotopic (exact) mass is 241 g/mol. The van der Waals surface area contributed by atoms with Gasteiger partial charge < -0.3 is 15.5 Å². The maximum absolute atomic E-state index is 11.7. The van der Waals surface area contributed by atoms with E-state index in [0.717, 1.165) is 32.5 Å². The summed E-state index contributed by atoms with van der Waals surface area (Å²) in [5, 5.41) is 6.45. The molecular weight excluding hydrogens is 214 g/mol. The van der Waals surface area contributed by atoms with Gasteiger partial charge in [0.25, 0.3) is 0 Å². The van der Waals surface area contributed by atoms with Gasteiger partial charge in [-0.3, -0.25) is 4.79 Å². The summed E-state index contributed by atoms with van der Waals surface area (Å²) in [4.78, 5) is 14.0. The van der Waals surface area contributed by atoms with Gasteiger partial charge >= 0.3 is 0 Å². The Morgan fingerprint density at radius 3 is 2.88 bits per heavy atom. The minimum absolute atomic E-state index is 0.204. The molecule has 1 aliphatic heterocycles. The predicted octanol–water partition coefficient (Wildman–Crippen LogP) is 0.975. The first-order chi connectivity index (χ1) is 8.08. The maximum Gasteiger partial charge on any atom is 0.220 e. The molecule has 1 atom stereocenters. The smallest absolute Gasteiger partial charge is 0.220 e. The van der Waals surface area contributed by atoms with E-state index in [0.29, 0.717) is 18.5 Å². The third kappa shape index (κ3) is 6.64. The number of nitrogens with zero attached hydrogens (tertiary/aromatic N) is 1. The van der Waals surface area contributed by atoms with Crippen LogP contribution in [0.2, 0.25) is 0 Å². The van der Waals surface area contributed by atoms with Crippen LogP contribution < -0.4 is 10.6 Å². The summed E-state index contributed by atoms with van der Waals surface area (Å²) in [5.74, 6) is 0.204. The summed E-state index contributed by atoms with van der Waals surface area (Å²) < 4.78 is 0. The van der Waals surface area contributed by atoms with Gasteiger partial charge in [-0.25, -0.2) is 0 Å². The van der Waals surface area contributed by atoms with Crippen LogP contribution in [0.1, 0.15) is 39.5 Å². The van der Waals surface area contributed by atoms with Crippen molar-refractivity contribution in [3.8, 4) is 0 Å². The molecule has 1 fully saturated rings. The van der Waals surface area contributed by atoms with Crippen molar-refractivity contribution in [3.63, 3.8) is 0 Å². The summed E-state index contributed by atoms with van der Waals surface area (Å²) in [6.45, 7) is 7.33. The summed E-state index contributed by atoms with van der Waals surface area (Å²) in [7, 11) is 2.12. The molecule has 0 aromatic rings. The van der Waals surface area contributed by atoms with Crippen LogP contribution in [0.4, 0.5) is 0 Å². The molecular formula is C13H27N3O. The van der Waals surface area contributed by atoms with E-state index in [1.165, 1.54) is 6.42 Å². The van der Waals surface area contributed by atoms with Crippen molar-refractivity contribution in [1.29, 1.82) is 0 Å². The van der Waals surface area contributed by atoms with Crippen LogP contribution in [0.3, 0.4) is 0 Å². The Morgan fingerprint density at radius 2 is 2.24 bits per heavy atom. The van der Waals surface area contributed by atoms with Gasteiger partial charge in [0.05, 0.1) is 0 Å². The number of carbonyl (C=O) groups excluding carboxylic acids is 1. The first kappa shape index (κ1) is 14.5. The SMILES string of the molecule is CC(C)NCCCC(=O)NC1CCCN(C)C1. The number of piperidine rings is 1. The van der Waals surface area contributed by atoms with Gasteiger partial charge in [0.15, 0.2) is 0 Å². The van der Waals surface area contributed by atoms with E-state index in [9.17, 15) is 4.79 Å². The number of amides is 1. The molecule has 0 aromatic carbocycles. The first-order valence-corrected chi connectivity index (χ1v) is 6.79. The lowest BCUT2D eigenvalue weighted by atomic mass is 10.1. The highest BCUT2D eigenvalue weighted by atomic mass is 16.1. The van der Waals surface area contributed by atoms with Gasteiger partial charge in [-0.2, -0.15) is 0 Å². The average Bonchev–Trinajstić information content (AvgIpc) is 2.24. The number of nitrogens with one attached hydrogen (secondary N) is 2. The van der Waals surface area contributed by atoms with Crippen LogP contribution in [-0.4, -0.2) is 49.6 Å². The zero-order chi connectivity index (χ0) is 12.7. The highest BCUT2D eigenvalue weighted by Gasteiger charge is 2.18. The molecule has 1 saturated heterocycles. The van der Waals surface area contributed by atoms with Gasteiger partial charge in [0.2, 0.25) is 5.91 Å². The average molecular weight is 241 g/mol. The normalized spacial score (nSPS) is 21.8. The molecule has 0 bridgehead atoms. The van der Waals surface area contributed by atoms with Crippen LogP contribution in [0.15, 0.2) is 0 Å². The summed E-state index contributed by atoms with van der Waals surface area (Å²) in [6, 6.07) is 0.865. The fourth-order valence-electron chi connectivity index (χ4n) is 2.22. The number of likely N-dealkylation sites (tertiary alicyclic amines) is 1. The molecule has 17 heavy (non-hydrogen) atoms. The van der Waals surface area contributed by atoms with Gasteiger partial charge in [0.1, 0.15) is 0 Å². The number of likely N-dealkylation sites (N-methyl/N-ethyl adjacent to an activating group) is 1. The van der Waals surface area contributed by atoms with Crippen LogP contribution >= 0.6 is 0 Å². The van der Waals surface area contributed by atoms with Crippen molar-refractivity contribution in [3.05, 3.63) is 0 Å². The fraction of sp³-hybridized carbons (Fsp3) is 0.923. The van der Waals surface area contributed by atoms with Crippen LogP contribution in [0.5, 0.6) is 0 Å². The third-order valence-corrected chi connectivity index (χ3v) is 3.12. The van der Waals surface area contributed by atoms with Gasteiger partial charge in [-0.1, -0.05) is 13.8 Å². The van der Waals surface area contributed by atoms with E-state index in [1.807, 2.05) is 0 Å². The summed E-state index contributed by atoms with van der Waals surface area (Å²) in [6.07, 6.45) is 3.88. The van der Waals surface area contributed by atoms with E-state index < -0.39 is 0 Å². The lowest BCUT2D eigenvalue weighted by molar-refractivity contribution is -0.122. The Kier molecular flexibility index (Phi) is 6.52. The van der Waals surface area contributed by atoms with E-state index in [2.05, 4.69) is 36.4 Å². The Balaban J connectivity index is 2.07. The molecule has 2 N–H and O–H groups in total. The Bertz CT molecular complexity index is 231. The molecule has 1 rings (SSSR count). The highest BCUT2D eigenvalue weighted by molar-refractivity contribution is 5.76. The molecule has 0 spiro atoms. The number of rotatable bonds is 6. The van der Waals surface area contributed by atoms with Crippen LogP contribution in [-0.2, 0) is 4.79 Å². The minimum Gasteiger partial charge on any atom is -0.352 e. The topological polar surface area (TPSA) is 44.4 Å². The molecule has 100 valence electrons. The molecule has 0 aromatic heterocycles. The maximum atomic E-state index is 11.7. The molecule has 1 unspecified atom stereocenters. The molecule has 1 amide bonds. The van der Waals surface area contributed by atoms with E-state index in [4.69, 9.17) is 0 Å². The van der Waals surface area contributed by atoms with Crippen molar-refractivity contribution >= 4 is 5.91 Å². The predicted molar refractivity (Wildman–Crippen MR) is 71.0 cm³/mol. The fourth-order valence-corrected chi connectivity index (χ4v) is 2.22. The number of hydrogen-bond acceptors (Lipinski definition) is 3. The molecule has 1 heterocycles. The highest BCUT2D eigenvalue weighted by Crippen LogP contribution is 2.08. The molecule has 0 aliphatic carbocycles. The van der Waals surface area contributed by atoms with Crippen molar-refractivity contribution < 1.29 is 4.79 Å². The Labute approximate surface area is 105 Å². The van der Waals surface area contributed by atoms with Gasteiger partial charge in [0, 0.05) is 25.0 Å². The summed E-state index contributed by atoms with van der Waals surface area (Å²) >= 11 is 0. The van der Waals surface area contributed by atoms with Crippen LogP contribution in [0.25, 0.3) is 0 Å². The zero-order valence-electron chi connectivity index (χ0n) is 11.5. The van der Waals surface area contributed by atoms with E-state index in [-0.39, 0.29) is 5.91 Å². The van der Waals surface area contributed by atoms with Crippen molar-refractivity contribution in [2.75, 3.05) is 26.7 Å². The van der Waals surface area contributed by atoms with E-state index in [1.54, 1.807) is 0 Å². The number of carbonyl (C=O) groups is 1. The zero-order valence-corrected chi connectivity index (χ0v) is 11.5. The third-order valence-electron chi connectivity index (χ3n) is 3.12. The Morgan fingerprint density at radius 1 is 1.47 bits per heavy atom. The largest absolute Gasteiger partial charge is 0.352 e. The molecule has 1 aliphatic rings. The lowest BCUT2D eigenvalue weighted by Crippen LogP contribution is -2.46. The molecule has 4 nitrogen and oxygen atoms in total. The van der Waals surface area contributed by atoms with Crippen molar-refractivity contribution in [2.24, 2.45) is 0 Å². The quantitative estimate of drug-likeness (QED) is 0.681. The number of hydrogen-bond donors (Lipinski definition) is 2. The minimum atomic E-state index is 0.204.